The molecule has 0 amide bonds. The van der Waals surface area contributed by atoms with Gasteiger partial charge in [0.15, 0.2) is 6.04 Å². The molecule has 3 aliphatic heterocycles. The number of rotatable bonds is 2. The summed E-state index contributed by atoms with van der Waals surface area (Å²) in [6, 6.07) is 20.8. The first-order valence-electron chi connectivity index (χ1n) is 9.48. The van der Waals surface area contributed by atoms with Crippen molar-refractivity contribution in [3.8, 4) is 0 Å². The number of hydrazone groups is 1. The summed E-state index contributed by atoms with van der Waals surface area (Å²) >= 11 is 0. The van der Waals surface area contributed by atoms with Crippen molar-refractivity contribution in [2.24, 2.45) is 10.1 Å². The summed E-state index contributed by atoms with van der Waals surface area (Å²) in [5.41, 5.74) is 3.99. The maximum atomic E-state index is 5.23. The number of hydrogen-bond donors (Lipinski definition) is 0. The molecule has 5 rings (SSSR count). The van der Waals surface area contributed by atoms with Crippen molar-refractivity contribution in [2.45, 2.75) is 12.2 Å². The molecule has 0 bridgehead atoms. The van der Waals surface area contributed by atoms with Gasteiger partial charge in [-0.1, -0.05) is 66.7 Å². The molecule has 3 heterocycles. The molecule has 0 N–H and O–H groups in total. The van der Waals surface area contributed by atoms with Crippen LogP contribution in [0.15, 0.2) is 95.2 Å². The number of aliphatic imine (C=N–C) groups is 1. The van der Waals surface area contributed by atoms with Crippen molar-refractivity contribution in [1.82, 2.24) is 9.91 Å². The molecule has 0 aliphatic carbocycles. The quantitative estimate of drug-likeness (QED) is 0.764. The highest BCUT2D eigenvalue weighted by molar-refractivity contribution is 6.53. The molecule has 2 aromatic carbocycles. The van der Waals surface area contributed by atoms with Gasteiger partial charge in [0.05, 0.1) is 26.0 Å². The molecular formula is C23H22N5+. The Morgan fingerprint density at radius 2 is 1.46 bits per heavy atom. The molecule has 0 aromatic heterocycles. The van der Waals surface area contributed by atoms with Crippen LogP contribution in [0.2, 0.25) is 0 Å². The maximum Gasteiger partial charge on any atom is 0.381 e. The fraction of sp³-hybridized carbons (Fsp3) is 0.174. The molecule has 0 saturated carbocycles. The van der Waals surface area contributed by atoms with Gasteiger partial charge in [-0.25, -0.2) is 9.89 Å². The zero-order valence-electron chi connectivity index (χ0n) is 16.0. The second-order valence-electron chi connectivity index (χ2n) is 7.24. The van der Waals surface area contributed by atoms with Crippen LogP contribution >= 0.6 is 0 Å². The van der Waals surface area contributed by atoms with Crippen LogP contribution in [-0.2, 0) is 0 Å². The Hall–Kier alpha value is -3.47. The number of nitrogens with zero attached hydrogens (tertiary/aromatic N) is 5. The average molecular weight is 368 g/mol. The summed E-state index contributed by atoms with van der Waals surface area (Å²) in [5, 5.41) is 7.18. The van der Waals surface area contributed by atoms with Crippen LogP contribution in [0.5, 0.6) is 0 Å². The summed E-state index contributed by atoms with van der Waals surface area (Å²) in [6.45, 7) is 0. The SMILES string of the molecule is C[N+](C)=C1N2C=CC=CC2C2N=C(c3ccccc3)C(c3ccccc3)=NN12. The molecule has 3 aliphatic rings. The largest absolute Gasteiger partial charge is 0.381 e. The highest BCUT2D eigenvalue weighted by Gasteiger charge is 2.53. The van der Waals surface area contributed by atoms with E-state index >= 15 is 0 Å². The molecular weight excluding hydrogens is 346 g/mol. The lowest BCUT2D eigenvalue weighted by molar-refractivity contribution is -0.474. The number of guanidine groups is 1. The molecule has 2 aromatic rings. The first-order chi connectivity index (χ1) is 13.7. The summed E-state index contributed by atoms with van der Waals surface area (Å²) in [4.78, 5) is 7.47. The normalized spacial score (nSPS) is 22.6. The lowest BCUT2D eigenvalue weighted by Crippen LogP contribution is -2.41. The third-order valence-electron chi connectivity index (χ3n) is 5.17. The van der Waals surface area contributed by atoms with E-state index in [2.05, 4.69) is 89.4 Å². The Bertz CT molecular complexity index is 1040. The van der Waals surface area contributed by atoms with E-state index < -0.39 is 0 Å². The van der Waals surface area contributed by atoms with Crippen molar-refractivity contribution >= 4 is 17.4 Å². The van der Waals surface area contributed by atoms with Crippen molar-refractivity contribution in [1.29, 1.82) is 0 Å². The van der Waals surface area contributed by atoms with Crippen LogP contribution in [0.1, 0.15) is 11.1 Å². The number of allylic oxidation sites excluding steroid dienone is 2. The van der Waals surface area contributed by atoms with Crippen LogP contribution < -0.4 is 0 Å². The monoisotopic (exact) mass is 368 g/mol. The smallest absolute Gasteiger partial charge is 0.268 e. The second kappa shape index (κ2) is 6.60. The Morgan fingerprint density at radius 1 is 0.821 bits per heavy atom. The molecule has 1 saturated heterocycles. The van der Waals surface area contributed by atoms with Gasteiger partial charge in [0.2, 0.25) is 6.17 Å². The molecule has 138 valence electrons. The Kier molecular flexibility index (Phi) is 3.93. The minimum atomic E-state index is -0.0960. The van der Waals surface area contributed by atoms with E-state index in [1.54, 1.807) is 0 Å². The topological polar surface area (TPSA) is 34.2 Å². The van der Waals surface area contributed by atoms with E-state index in [-0.39, 0.29) is 12.2 Å². The lowest BCUT2D eigenvalue weighted by Gasteiger charge is -2.22. The van der Waals surface area contributed by atoms with Gasteiger partial charge in [-0.05, 0) is 12.2 Å². The van der Waals surface area contributed by atoms with Crippen LogP contribution in [0.4, 0.5) is 0 Å². The Morgan fingerprint density at radius 3 is 2.11 bits per heavy atom. The van der Waals surface area contributed by atoms with E-state index in [0.29, 0.717) is 0 Å². The van der Waals surface area contributed by atoms with Gasteiger partial charge in [-0.3, -0.25) is 4.58 Å². The second-order valence-corrected chi connectivity index (χ2v) is 7.24. The van der Waals surface area contributed by atoms with Gasteiger partial charge in [-0.15, -0.1) is 10.1 Å². The first-order valence-corrected chi connectivity index (χ1v) is 9.48. The van der Waals surface area contributed by atoms with Gasteiger partial charge in [0, 0.05) is 11.1 Å². The molecule has 0 radical (unpaired) electrons. The molecule has 2 atom stereocenters. The van der Waals surface area contributed by atoms with E-state index in [0.717, 1.165) is 28.5 Å². The van der Waals surface area contributed by atoms with Crippen LogP contribution in [-0.4, -0.2) is 58.2 Å². The van der Waals surface area contributed by atoms with Crippen molar-refractivity contribution in [3.05, 3.63) is 96.2 Å². The Balaban J connectivity index is 1.71. The number of benzene rings is 2. The van der Waals surface area contributed by atoms with Crippen LogP contribution in [0.3, 0.4) is 0 Å². The highest BCUT2D eigenvalue weighted by Crippen LogP contribution is 2.31. The van der Waals surface area contributed by atoms with E-state index in [1.807, 2.05) is 24.3 Å². The van der Waals surface area contributed by atoms with Gasteiger partial charge in [0.1, 0.15) is 5.71 Å². The molecule has 2 unspecified atom stereocenters. The molecule has 5 nitrogen and oxygen atoms in total. The zero-order valence-corrected chi connectivity index (χ0v) is 16.0. The first kappa shape index (κ1) is 16.7. The third kappa shape index (κ3) is 2.59. The fourth-order valence-corrected chi connectivity index (χ4v) is 3.95. The average Bonchev–Trinajstić information content (AvgIpc) is 3.08. The lowest BCUT2D eigenvalue weighted by atomic mass is 9.98. The molecule has 28 heavy (non-hydrogen) atoms. The van der Waals surface area contributed by atoms with Crippen molar-refractivity contribution in [3.63, 3.8) is 0 Å². The Labute approximate surface area is 164 Å². The van der Waals surface area contributed by atoms with E-state index in [1.165, 1.54) is 0 Å². The molecule has 0 spiro atoms. The minimum absolute atomic E-state index is 0.0960. The number of hydrogen-bond acceptors (Lipinski definition) is 2. The molecule has 1 fully saturated rings. The fourth-order valence-electron chi connectivity index (χ4n) is 3.95. The maximum absolute atomic E-state index is 5.23. The summed E-state index contributed by atoms with van der Waals surface area (Å²) < 4.78 is 2.10. The van der Waals surface area contributed by atoms with Crippen molar-refractivity contribution in [2.75, 3.05) is 14.1 Å². The van der Waals surface area contributed by atoms with Gasteiger partial charge < -0.3 is 0 Å². The predicted octanol–water partition coefficient (Wildman–Crippen LogP) is 2.92. The van der Waals surface area contributed by atoms with Crippen LogP contribution in [0.25, 0.3) is 0 Å². The van der Waals surface area contributed by atoms with Gasteiger partial charge >= 0.3 is 5.96 Å². The van der Waals surface area contributed by atoms with Crippen molar-refractivity contribution < 1.29 is 4.58 Å². The van der Waals surface area contributed by atoms with Gasteiger partial charge in [0.25, 0.3) is 0 Å². The minimum Gasteiger partial charge on any atom is -0.268 e. The number of fused-ring (bicyclic) bond motifs is 3. The third-order valence-corrected chi connectivity index (χ3v) is 5.17. The summed E-state index contributed by atoms with van der Waals surface area (Å²) in [6.07, 6.45) is 8.35. The van der Waals surface area contributed by atoms with E-state index in [9.17, 15) is 0 Å². The predicted molar refractivity (Wildman–Crippen MR) is 113 cm³/mol. The molecule has 5 heteroatoms. The highest BCUT2D eigenvalue weighted by atomic mass is 15.7. The zero-order chi connectivity index (χ0) is 19.1. The summed E-state index contributed by atoms with van der Waals surface area (Å²) in [7, 11) is 4.10. The van der Waals surface area contributed by atoms with E-state index in [4.69, 9.17) is 10.1 Å². The van der Waals surface area contributed by atoms with Gasteiger partial charge in [-0.2, -0.15) is 0 Å². The van der Waals surface area contributed by atoms with Crippen LogP contribution in [0, 0.1) is 0 Å². The summed E-state index contributed by atoms with van der Waals surface area (Å²) in [5.74, 6) is 1.03. The standard InChI is InChI=1S/C23H22N5/c1-26(2)23-27-16-10-9-15-19(27)22-24-20(17-11-5-3-6-12-17)21(25-28(22)23)18-13-7-4-8-14-18/h3-16,19,22H,1-2H3/q+1.